The fraction of sp³-hybridized carbons (Fsp3) is 0.353. The molecule has 3 nitrogen and oxygen atoms in total. The molecule has 0 saturated carbocycles. The van der Waals surface area contributed by atoms with Crippen molar-refractivity contribution >= 4 is 5.69 Å². The molecular weight excluding hydrogens is 246 g/mol. The molecule has 2 atom stereocenters. The Labute approximate surface area is 119 Å². The predicted octanol–water partition coefficient (Wildman–Crippen LogP) is 2.55. The van der Waals surface area contributed by atoms with E-state index in [1.54, 1.807) is 0 Å². The lowest BCUT2D eigenvalue weighted by atomic mass is 9.79. The molecule has 102 valence electrons. The molecule has 20 heavy (non-hydrogen) atoms. The highest BCUT2D eigenvalue weighted by Gasteiger charge is 2.37. The van der Waals surface area contributed by atoms with Crippen LogP contribution >= 0.6 is 0 Å². The van der Waals surface area contributed by atoms with Crippen molar-refractivity contribution in [2.45, 2.75) is 24.9 Å². The second kappa shape index (κ2) is 4.91. The number of benzene rings is 1. The van der Waals surface area contributed by atoms with Gasteiger partial charge in [0.2, 0.25) is 0 Å². The Hall–Kier alpha value is -1.87. The molecule has 3 aliphatic heterocycles. The van der Waals surface area contributed by atoms with Gasteiger partial charge in [0.05, 0.1) is 0 Å². The maximum Gasteiger partial charge on any atom is 0.0402 e. The van der Waals surface area contributed by atoms with Gasteiger partial charge in [-0.2, -0.15) is 0 Å². The summed E-state index contributed by atoms with van der Waals surface area (Å²) in [6, 6.07) is 13.6. The molecule has 1 N–H and O–H groups in total. The van der Waals surface area contributed by atoms with Gasteiger partial charge in [0.1, 0.15) is 0 Å². The Bertz CT molecular complexity index is 596. The Morgan fingerprint density at radius 3 is 3.05 bits per heavy atom. The molecule has 0 aliphatic carbocycles. The van der Waals surface area contributed by atoms with Crippen LogP contribution in [0.2, 0.25) is 0 Å². The van der Waals surface area contributed by atoms with Crippen molar-refractivity contribution in [3.63, 3.8) is 0 Å². The predicted molar refractivity (Wildman–Crippen MR) is 80.9 cm³/mol. The molecule has 0 amide bonds. The average Bonchev–Trinajstić information content (AvgIpc) is 2.55. The van der Waals surface area contributed by atoms with E-state index >= 15 is 0 Å². The molecule has 1 saturated heterocycles. The van der Waals surface area contributed by atoms with E-state index in [4.69, 9.17) is 0 Å². The van der Waals surface area contributed by atoms with E-state index in [-0.39, 0.29) is 0 Å². The quantitative estimate of drug-likeness (QED) is 0.924. The smallest absolute Gasteiger partial charge is 0.0402 e. The van der Waals surface area contributed by atoms with Gasteiger partial charge < -0.3 is 10.2 Å². The number of hydrogen-bond acceptors (Lipinski definition) is 3. The molecule has 5 rings (SSSR count). The third-order valence-electron chi connectivity index (χ3n) is 4.58. The normalized spacial score (nSPS) is 23.7. The zero-order chi connectivity index (χ0) is 13.4. The maximum atomic E-state index is 4.18. The van der Waals surface area contributed by atoms with Crippen LogP contribution in [-0.4, -0.2) is 24.1 Å². The Morgan fingerprint density at radius 2 is 2.15 bits per heavy atom. The molecule has 2 unspecified atom stereocenters. The summed E-state index contributed by atoms with van der Waals surface area (Å²) in [5.74, 6) is 0.660. The van der Waals surface area contributed by atoms with E-state index in [0.29, 0.717) is 12.0 Å². The summed E-state index contributed by atoms with van der Waals surface area (Å²) < 4.78 is 0. The van der Waals surface area contributed by atoms with E-state index in [9.17, 15) is 0 Å². The van der Waals surface area contributed by atoms with E-state index in [1.165, 1.54) is 29.8 Å². The zero-order valence-corrected chi connectivity index (χ0v) is 11.5. The highest BCUT2D eigenvalue weighted by molar-refractivity contribution is 5.60. The Balaban J connectivity index is 1.52. The Kier molecular flexibility index (Phi) is 2.92. The minimum atomic E-state index is 0.554. The van der Waals surface area contributed by atoms with Gasteiger partial charge in [0.25, 0.3) is 0 Å². The fourth-order valence-corrected chi connectivity index (χ4v) is 3.59. The second-order valence-corrected chi connectivity index (χ2v) is 5.75. The van der Waals surface area contributed by atoms with E-state index in [0.717, 1.165) is 13.1 Å². The number of nitrogens with zero attached hydrogens (tertiary/aromatic N) is 2. The van der Waals surface area contributed by atoms with Crippen molar-refractivity contribution in [2.75, 3.05) is 18.0 Å². The van der Waals surface area contributed by atoms with Crippen molar-refractivity contribution in [3.05, 3.63) is 59.9 Å². The van der Waals surface area contributed by atoms with Gasteiger partial charge >= 0.3 is 0 Å². The zero-order valence-electron chi connectivity index (χ0n) is 11.5. The third kappa shape index (κ3) is 1.98. The van der Waals surface area contributed by atoms with Gasteiger partial charge in [-0.05, 0) is 29.7 Å². The SMILES string of the molecule is c1cncc(CNC2CN3CCC2c2ccccc23)c1. The van der Waals surface area contributed by atoms with Crippen molar-refractivity contribution < 1.29 is 0 Å². The third-order valence-corrected chi connectivity index (χ3v) is 4.58. The first-order valence-corrected chi connectivity index (χ1v) is 7.38. The van der Waals surface area contributed by atoms with Crippen LogP contribution in [0.1, 0.15) is 23.5 Å². The first-order chi connectivity index (χ1) is 9.92. The van der Waals surface area contributed by atoms with Gasteiger partial charge in [-0.1, -0.05) is 24.3 Å². The van der Waals surface area contributed by atoms with Crippen LogP contribution < -0.4 is 10.2 Å². The summed E-state index contributed by atoms with van der Waals surface area (Å²) in [5.41, 5.74) is 4.23. The second-order valence-electron chi connectivity index (χ2n) is 5.75. The number of hydrogen-bond donors (Lipinski definition) is 1. The molecule has 3 aliphatic rings. The molecule has 0 radical (unpaired) electrons. The van der Waals surface area contributed by atoms with Crippen LogP contribution in [0.25, 0.3) is 0 Å². The minimum absolute atomic E-state index is 0.554. The topological polar surface area (TPSA) is 28.2 Å². The number of anilines is 1. The van der Waals surface area contributed by atoms with E-state index < -0.39 is 0 Å². The molecular formula is C17H19N3. The number of aromatic nitrogens is 1. The van der Waals surface area contributed by atoms with Crippen molar-refractivity contribution in [1.82, 2.24) is 10.3 Å². The molecule has 2 aromatic rings. The number of nitrogens with one attached hydrogen (secondary N) is 1. The lowest BCUT2D eigenvalue weighted by Gasteiger charge is -2.47. The maximum absolute atomic E-state index is 4.18. The van der Waals surface area contributed by atoms with Gasteiger partial charge in [-0.15, -0.1) is 0 Å². The first-order valence-electron chi connectivity index (χ1n) is 7.38. The van der Waals surface area contributed by atoms with Crippen molar-refractivity contribution in [3.8, 4) is 0 Å². The molecule has 1 aromatic carbocycles. The van der Waals surface area contributed by atoms with Crippen LogP contribution in [0.15, 0.2) is 48.8 Å². The monoisotopic (exact) mass is 265 g/mol. The standard InChI is InChI=1S/C17H19N3/c1-2-6-17-15(5-1)14-7-9-20(17)12-16(14)19-11-13-4-3-8-18-10-13/h1-6,8,10,14,16,19H,7,9,11-12H2. The van der Waals surface area contributed by atoms with Gasteiger partial charge in [-0.25, -0.2) is 0 Å². The Morgan fingerprint density at radius 1 is 1.20 bits per heavy atom. The summed E-state index contributed by atoms with van der Waals surface area (Å²) >= 11 is 0. The first kappa shape index (κ1) is 11.9. The summed E-state index contributed by atoms with van der Waals surface area (Å²) in [4.78, 5) is 6.71. The fourth-order valence-electron chi connectivity index (χ4n) is 3.59. The highest BCUT2D eigenvalue weighted by atomic mass is 15.2. The number of rotatable bonds is 3. The summed E-state index contributed by atoms with van der Waals surface area (Å²) in [6.45, 7) is 3.24. The molecule has 1 aromatic heterocycles. The van der Waals surface area contributed by atoms with Crippen LogP contribution in [0.5, 0.6) is 0 Å². The van der Waals surface area contributed by atoms with Gasteiger partial charge in [0, 0.05) is 49.7 Å². The molecule has 1 fully saturated rings. The van der Waals surface area contributed by atoms with Crippen molar-refractivity contribution in [1.29, 1.82) is 0 Å². The minimum Gasteiger partial charge on any atom is -0.370 e. The van der Waals surface area contributed by atoms with Gasteiger partial charge in [-0.3, -0.25) is 4.98 Å². The lowest BCUT2D eigenvalue weighted by Crippen LogP contribution is -2.53. The van der Waals surface area contributed by atoms with Gasteiger partial charge in [0.15, 0.2) is 0 Å². The van der Waals surface area contributed by atoms with E-state index in [2.05, 4.69) is 45.5 Å². The van der Waals surface area contributed by atoms with Crippen LogP contribution in [-0.2, 0) is 6.54 Å². The molecule has 4 heterocycles. The molecule has 0 spiro atoms. The lowest BCUT2D eigenvalue weighted by molar-refractivity contribution is 0.352. The largest absolute Gasteiger partial charge is 0.370 e. The average molecular weight is 265 g/mol. The summed E-state index contributed by atoms with van der Waals surface area (Å²) in [6.07, 6.45) is 5.04. The van der Waals surface area contributed by atoms with Crippen LogP contribution in [0.4, 0.5) is 5.69 Å². The van der Waals surface area contributed by atoms with Crippen LogP contribution in [0.3, 0.4) is 0 Å². The highest BCUT2D eigenvalue weighted by Crippen LogP contribution is 2.41. The van der Waals surface area contributed by atoms with Crippen molar-refractivity contribution in [2.24, 2.45) is 0 Å². The summed E-state index contributed by atoms with van der Waals surface area (Å²) in [7, 11) is 0. The van der Waals surface area contributed by atoms with Crippen LogP contribution in [0, 0.1) is 0 Å². The van der Waals surface area contributed by atoms with E-state index in [1.807, 2.05) is 18.5 Å². The summed E-state index contributed by atoms with van der Waals surface area (Å²) in [5, 5.41) is 3.73. The molecule has 3 heteroatoms. The number of fused-ring (bicyclic) bond motifs is 2. The number of piperidine rings is 1. The number of para-hydroxylation sites is 1. The molecule has 2 bridgehead atoms. The number of pyridine rings is 1.